The van der Waals surface area contributed by atoms with Gasteiger partial charge >= 0.3 is 0 Å². The molecule has 0 heterocycles. The Balaban J connectivity index is 0. The summed E-state index contributed by atoms with van der Waals surface area (Å²) in [4.78, 5) is 0. The zero-order valence-electron chi connectivity index (χ0n) is 10.7. The number of hydrogen-bond donors (Lipinski definition) is 0. The summed E-state index contributed by atoms with van der Waals surface area (Å²) < 4.78 is 0. The van der Waals surface area contributed by atoms with Gasteiger partial charge in [-0.25, -0.2) is 0 Å². The maximum absolute atomic E-state index is 3.62. The van der Waals surface area contributed by atoms with E-state index in [0.29, 0.717) is 5.92 Å². The Bertz CT molecular complexity index is 194. The minimum absolute atomic E-state index is 0.705. The molecule has 15 heavy (non-hydrogen) atoms. The van der Waals surface area contributed by atoms with Crippen LogP contribution in [0.5, 0.6) is 0 Å². The minimum Gasteiger partial charge on any atom is -0.0991 e. The first-order chi connectivity index (χ1) is 7.43. The molecule has 1 unspecified atom stereocenters. The predicted molar refractivity (Wildman–Crippen MR) is 73.0 cm³/mol. The molecular formula is C15H26. The van der Waals surface area contributed by atoms with Gasteiger partial charge in [-0.05, 0) is 18.8 Å². The molecule has 0 saturated carbocycles. The highest BCUT2D eigenvalue weighted by Crippen LogP contribution is 2.15. The van der Waals surface area contributed by atoms with Crippen LogP contribution in [0.4, 0.5) is 0 Å². The van der Waals surface area contributed by atoms with Gasteiger partial charge in [0.25, 0.3) is 0 Å². The maximum atomic E-state index is 3.62. The first-order valence-electron chi connectivity index (χ1n) is 6.04. The average Bonchev–Trinajstić information content (AvgIpc) is 2.36. The first kappa shape index (κ1) is 16.4. The van der Waals surface area contributed by atoms with Crippen molar-refractivity contribution in [2.24, 2.45) is 5.92 Å². The van der Waals surface area contributed by atoms with Crippen LogP contribution < -0.4 is 0 Å². The lowest BCUT2D eigenvalue weighted by Crippen LogP contribution is -1.94. The molecule has 1 atom stereocenters. The lowest BCUT2D eigenvalue weighted by atomic mass is 9.97. The van der Waals surface area contributed by atoms with E-state index in [2.05, 4.69) is 37.0 Å². The summed E-state index contributed by atoms with van der Waals surface area (Å²) in [7, 11) is 0. The third-order valence-electron chi connectivity index (χ3n) is 1.78. The van der Waals surface area contributed by atoms with Gasteiger partial charge in [0.15, 0.2) is 0 Å². The van der Waals surface area contributed by atoms with Crippen molar-refractivity contribution in [3.8, 4) is 0 Å². The van der Waals surface area contributed by atoms with Crippen LogP contribution in [-0.4, -0.2) is 0 Å². The maximum Gasteiger partial charge on any atom is -0.0161 e. The molecule has 0 saturated heterocycles. The van der Waals surface area contributed by atoms with Crippen LogP contribution in [0, 0.1) is 5.92 Å². The van der Waals surface area contributed by atoms with Crippen LogP contribution in [-0.2, 0) is 0 Å². The van der Waals surface area contributed by atoms with Crippen molar-refractivity contribution in [3.05, 3.63) is 49.1 Å². The van der Waals surface area contributed by atoms with E-state index in [1.807, 2.05) is 39.8 Å². The van der Waals surface area contributed by atoms with E-state index in [1.54, 1.807) is 0 Å². The van der Waals surface area contributed by atoms with Crippen LogP contribution in [0.1, 0.15) is 40.5 Å². The Kier molecular flexibility index (Phi) is 16.9. The van der Waals surface area contributed by atoms with Crippen molar-refractivity contribution >= 4 is 0 Å². The Hall–Kier alpha value is -1.04. The molecular weight excluding hydrogens is 180 g/mol. The third-order valence-corrected chi connectivity index (χ3v) is 1.78. The van der Waals surface area contributed by atoms with E-state index >= 15 is 0 Å². The van der Waals surface area contributed by atoms with Crippen LogP contribution >= 0.6 is 0 Å². The molecule has 1 rings (SSSR count). The number of hydrogen-bond acceptors (Lipinski definition) is 0. The van der Waals surface area contributed by atoms with Gasteiger partial charge in [-0.15, -0.1) is 0 Å². The molecule has 0 heteroatoms. The molecule has 0 bridgehead atoms. The van der Waals surface area contributed by atoms with E-state index in [4.69, 9.17) is 0 Å². The van der Waals surface area contributed by atoms with E-state index in [0.717, 1.165) is 6.42 Å². The average molecular weight is 206 g/mol. The molecule has 0 amide bonds. The second-order valence-corrected chi connectivity index (χ2v) is 2.71. The summed E-state index contributed by atoms with van der Waals surface area (Å²) in [6, 6.07) is 0. The van der Waals surface area contributed by atoms with Gasteiger partial charge in [0.05, 0.1) is 0 Å². The molecule has 0 N–H and O–H groups in total. The van der Waals surface area contributed by atoms with E-state index in [9.17, 15) is 0 Å². The molecule has 1 aliphatic carbocycles. The largest absolute Gasteiger partial charge is 0.0991 e. The van der Waals surface area contributed by atoms with E-state index in [1.165, 1.54) is 6.42 Å². The molecule has 0 aromatic carbocycles. The summed E-state index contributed by atoms with van der Waals surface area (Å²) in [6.07, 6.45) is 17.0. The first-order valence-corrected chi connectivity index (χ1v) is 6.04. The van der Waals surface area contributed by atoms with Crippen LogP contribution in [0.3, 0.4) is 0 Å². The summed E-state index contributed by atoms with van der Waals surface area (Å²) in [5.41, 5.74) is 0. The summed E-state index contributed by atoms with van der Waals surface area (Å²) in [6.45, 7) is 11.6. The smallest absolute Gasteiger partial charge is 0.0161 e. The molecule has 0 spiro atoms. The zero-order valence-corrected chi connectivity index (χ0v) is 10.7. The van der Waals surface area contributed by atoms with Crippen molar-refractivity contribution in [1.29, 1.82) is 0 Å². The van der Waals surface area contributed by atoms with Gasteiger partial charge < -0.3 is 0 Å². The highest BCUT2D eigenvalue weighted by atomic mass is 14.1. The van der Waals surface area contributed by atoms with Crippen molar-refractivity contribution in [3.63, 3.8) is 0 Å². The quantitative estimate of drug-likeness (QED) is 0.549. The Morgan fingerprint density at radius 2 is 1.87 bits per heavy atom. The van der Waals surface area contributed by atoms with Crippen LogP contribution in [0.25, 0.3) is 0 Å². The van der Waals surface area contributed by atoms with Crippen molar-refractivity contribution in [1.82, 2.24) is 0 Å². The van der Waals surface area contributed by atoms with Gasteiger partial charge in [-0.2, -0.15) is 0 Å². The molecule has 0 radical (unpaired) electrons. The standard InChI is InChI=1S/C11H14.2C2H6/c1-2-3-5-8-11-9-6-4-7-10-11;2*1-2/h2-7,9,11H,1,8,10H2;2*1-2H3/b5-3+;;. The van der Waals surface area contributed by atoms with Gasteiger partial charge in [-0.1, -0.05) is 76.8 Å². The monoisotopic (exact) mass is 206 g/mol. The molecule has 0 aliphatic heterocycles. The van der Waals surface area contributed by atoms with E-state index < -0.39 is 0 Å². The molecule has 0 nitrogen and oxygen atoms in total. The van der Waals surface area contributed by atoms with Crippen LogP contribution in [0.15, 0.2) is 49.1 Å². The van der Waals surface area contributed by atoms with Crippen molar-refractivity contribution in [2.45, 2.75) is 40.5 Å². The fourth-order valence-corrected chi connectivity index (χ4v) is 1.16. The second-order valence-electron chi connectivity index (χ2n) is 2.71. The van der Waals surface area contributed by atoms with Gasteiger partial charge in [0.2, 0.25) is 0 Å². The molecule has 86 valence electrons. The fourth-order valence-electron chi connectivity index (χ4n) is 1.16. The van der Waals surface area contributed by atoms with Gasteiger partial charge in [0.1, 0.15) is 0 Å². The van der Waals surface area contributed by atoms with Crippen molar-refractivity contribution in [2.75, 3.05) is 0 Å². The number of allylic oxidation sites excluding steroid dienone is 7. The van der Waals surface area contributed by atoms with Gasteiger partial charge in [-0.3, -0.25) is 0 Å². The highest BCUT2D eigenvalue weighted by Gasteiger charge is 2.00. The zero-order chi connectivity index (χ0) is 11.9. The van der Waals surface area contributed by atoms with Crippen molar-refractivity contribution < 1.29 is 0 Å². The minimum atomic E-state index is 0.705. The SMILES string of the molecule is C=C/C=C/CC1C=CC=CC1.CC.CC. The predicted octanol–water partition coefficient (Wildman–Crippen LogP) is 5.30. The normalized spacial score (nSPS) is 17.5. The molecule has 0 aromatic heterocycles. The second kappa shape index (κ2) is 15.4. The highest BCUT2D eigenvalue weighted by molar-refractivity contribution is 5.12. The fraction of sp³-hybridized carbons (Fsp3) is 0.467. The lowest BCUT2D eigenvalue weighted by Gasteiger charge is -2.08. The summed E-state index contributed by atoms with van der Waals surface area (Å²) in [5, 5.41) is 0. The molecule has 0 fully saturated rings. The molecule has 1 aliphatic rings. The Morgan fingerprint density at radius 1 is 1.20 bits per heavy atom. The number of rotatable bonds is 3. The van der Waals surface area contributed by atoms with Gasteiger partial charge in [0, 0.05) is 0 Å². The third kappa shape index (κ3) is 10.9. The van der Waals surface area contributed by atoms with Crippen LogP contribution in [0.2, 0.25) is 0 Å². The summed E-state index contributed by atoms with van der Waals surface area (Å²) in [5.74, 6) is 0.705. The Labute approximate surface area is 96.1 Å². The molecule has 0 aromatic rings. The summed E-state index contributed by atoms with van der Waals surface area (Å²) >= 11 is 0. The topological polar surface area (TPSA) is 0 Å². The lowest BCUT2D eigenvalue weighted by molar-refractivity contribution is 0.669. The Morgan fingerprint density at radius 3 is 2.33 bits per heavy atom. The van der Waals surface area contributed by atoms with E-state index in [-0.39, 0.29) is 0 Å².